The number of hydrogen-bond donors (Lipinski definition) is 1. The number of nitrogens with one attached hydrogen (secondary N) is 1. The molecule has 2 atom stereocenters. The maximum Gasteiger partial charge on any atom is 0.233 e. The molecule has 0 bridgehead atoms. The number of likely N-dealkylation sites (tertiary alicyclic amines) is 1. The van der Waals surface area contributed by atoms with Crippen molar-refractivity contribution < 1.29 is 28.2 Å². The van der Waals surface area contributed by atoms with Crippen molar-refractivity contribution in [2.45, 2.75) is 12.8 Å². The van der Waals surface area contributed by atoms with Crippen LogP contribution in [0.25, 0.3) is 0 Å². The summed E-state index contributed by atoms with van der Waals surface area (Å²) in [5.74, 6) is -2.05. The molecule has 7 nitrogen and oxygen atoms in total. The highest BCUT2D eigenvalue weighted by molar-refractivity contribution is 6.02. The Hall–Kier alpha value is -4.04. The van der Waals surface area contributed by atoms with Crippen LogP contribution in [-0.2, 0) is 4.79 Å². The predicted molar refractivity (Wildman–Crippen MR) is 146 cm³/mol. The molecule has 1 fully saturated rings. The van der Waals surface area contributed by atoms with Gasteiger partial charge in [-0.05, 0) is 48.4 Å². The number of hydrogen-bond acceptors (Lipinski definition) is 6. The number of benzene rings is 3. The summed E-state index contributed by atoms with van der Waals surface area (Å²) in [5.41, 5.74) is 1.85. The molecular weight excluding hydrogens is 499 g/mol. The molecule has 1 aliphatic rings. The topological polar surface area (TPSA) is 84.9 Å². The lowest BCUT2D eigenvalue weighted by molar-refractivity contribution is -0.122. The van der Waals surface area contributed by atoms with E-state index in [2.05, 4.69) is 5.32 Å². The second kappa shape index (κ2) is 12.2. The number of amides is 1. The Kier molecular flexibility index (Phi) is 8.76. The van der Waals surface area contributed by atoms with Gasteiger partial charge in [0.05, 0.1) is 20.8 Å². The van der Waals surface area contributed by atoms with Crippen molar-refractivity contribution in [2.24, 2.45) is 11.8 Å². The maximum atomic E-state index is 14.9. The van der Waals surface area contributed by atoms with Gasteiger partial charge in [-0.25, -0.2) is 4.39 Å². The smallest absolute Gasteiger partial charge is 0.233 e. The van der Waals surface area contributed by atoms with Crippen LogP contribution in [0.15, 0.2) is 66.7 Å². The quantitative estimate of drug-likeness (QED) is 0.414. The van der Waals surface area contributed by atoms with Gasteiger partial charge in [0.1, 0.15) is 17.3 Å². The molecule has 3 aromatic rings. The van der Waals surface area contributed by atoms with Crippen molar-refractivity contribution in [1.29, 1.82) is 0 Å². The SMILES string of the molecule is CNC(=O)CN1C[C@H](C(=O)c2cccc(OC)c2)C(c2cccc(F)c2C)[C@@H](C(=O)c2cccc(OC)c2)C1. The highest BCUT2D eigenvalue weighted by Crippen LogP contribution is 2.42. The summed E-state index contributed by atoms with van der Waals surface area (Å²) in [6, 6.07) is 18.5. The lowest BCUT2D eigenvalue weighted by atomic mass is 9.67. The fourth-order valence-electron chi connectivity index (χ4n) is 5.44. The number of carbonyl (C=O) groups excluding carboxylic acids is 3. The highest BCUT2D eigenvalue weighted by Gasteiger charge is 2.45. The molecular formula is C31H33FN2O5. The first-order chi connectivity index (χ1) is 18.8. The Bertz CT molecular complexity index is 1310. The van der Waals surface area contributed by atoms with E-state index in [1.807, 2.05) is 4.90 Å². The van der Waals surface area contributed by atoms with Gasteiger partial charge in [-0.15, -0.1) is 0 Å². The van der Waals surface area contributed by atoms with E-state index in [1.165, 1.54) is 20.3 Å². The van der Waals surface area contributed by atoms with Crippen LogP contribution in [0.1, 0.15) is 37.8 Å². The molecule has 204 valence electrons. The summed E-state index contributed by atoms with van der Waals surface area (Å²) in [4.78, 5) is 42.5. The Morgan fingerprint density at radius 3 is 1.87 bits per heavy atom. The van der Waals surface area contributed by atoms with Crippen LogP contribution >= 0.6 is 0 Å². The first kappa shape index (κ1) is 28.0. The van der Waals surface area contributed by atoms with Crippen LogP contribution < -0.4 is 14.8 Å². The third-order valence-electron chi connectivity index (χ3n) is 7.47. The standard InChI is InChI=1S/C31H33FN2O5/c1-19-24(12-7-13-27(19)32)29-25(30(36)20-8-5-10-22(14-20)38-3)16-34(18-28(35)33-2)17-26(29)31(37)21-9-6-11-23(15-21)39-4/h5-15,25-26,29H,16-18H2,1-4H3,(H,33,35)/t25-,26-/m0/s1. The van der Waals surface area contributed by atoms with Crippen LogP contribution in [0.5, 0.6) is 11.5 Å². The third-order valence-corrected chi connectivity index (χ3v) is 7.47. The third kappa shape index (κ3) is 6.01. The van der Waals surface area contributed by atoms with Crippen molar-refractivity contribution in [3.05, 3.63) is 94.8 Å². The van der Waals surface area contributed by atoms with Crippen molar-refractivity contribution in [3.63, 3.8) is 0 Å². The van der Waals surface area contributed by atoms with Crippen molar-refractivity contribution in [1.82, 2.24) is 10.2 Å². The average molecular weight is 533 g/mol. The zero-order chi connectivity index (χ0) is 28.1. The summed E-state index contributed by atoms with van der Waals surface area (Å²) >= 11 is 0. The Balaban J connectivity index is 1.87. The second-order valence-corrected chi connectivity index (χ2v) is 9.75. The molecule has 0 radical (unpaired) electrons. The molecule has 1 saturated heterocycles. The van der Waals surface area contributed by atoms with Gasteiger partial charge >= 0.3 is 0 Å². The molecule has 0 saturated carbocycles. The van der Waals surface area contributed by atoms with E-state index >= 15 is 0 Å². The first-order valence-electron chi connectivity index (χ1n) is 12.8. The van der Waals surface area contributed by atoms with Gasteiger partial charge in [0.2, 0.25) is 5.91 Å². The maximum absolute atomic E-state index is 14.9. The van der Waals surface area contributed by atoms with Crippen LogP contribution in [0.4, 0.5) is 4.39 Å². The van der Waals surface area contributed by atoms with Crippen molar-refractivity contribution >= 4 is 17.5 Å². The van der Waals surface area contributed by atoms with E-state index in [0.29, 0.717) is 33.8 Å². The highest BCUT2D eigenvalue weighted by atomic mass is 19.1. The summed E-state index contributed by atoms with van der Waals surface area (Å²) in [6.07, 6.45) is 0. The number of ether oxygens (including phenoxy) is 2. The van der Waals surface area contributed by atoms with Crippen molar-refractivity contribution in [3.8, 4) is 11.5 Å². The van der Waals surface area contributed by atoms with E-state index in [9.17, 15) is 18.8 Å². The fraction of sp³-hybridized carbons (Fsp3) is 0.323. The molecule has 1 aliphatic heterocycles. The Morgan fingerprint density at radius 1 is 0.872 bits per heavy atom. The number of nitrogens with zero attached hydrogens (tertiary/aromatic N) is 1. The van der Waals surface area contributed by atoms with Gasteiger partial charge in [0.25, 0.3) is 0 Å². The molecule has 4 rings (SSSR count). The van der Waals surface area contributed by atoms with Gasteiger partial charge in [0.15, 0.2) is 11.6 Å². The predicted octanol–water partition coefficient (Wildman–Crippen LogP) is 4.29. The average Bonchev–Trinajstić information content (AvgIpc) is 2.97. The summed E-state index contributed by atoms with van der Waals surface area (Å²) in [6.45, 7) is 2.15. The lowest BCUT2D eigenvalue weighted by Crippen LogP contribution is -2.52. The summed E-state index contributed by atoms with van der Waals surface area (Å²) < 4.78 is 25.5. The largest absolute Gasteiger partial charge is 0.497 e. The molecule has 0 spiro atoms. The zero-order valence-electron chi connectivity index (χ0n) is 22.6. The Labute approximate surface area is 227 Å². The number of carbonyl (C=O) groups is 3. The van der Waals surface area contributed by atoms with Crippen molar-refractivity contribution in [2.75, 3.05) is 40.9 Å². The number of halogens is 1. The van der Waals surface area contributed by atoms with Crippen LogP contribution in [0.3, 0.4) is 0 Å². The second-order valence-electron chi connectivity index (χ2n) is 9.75. The van der Waals surface area contributed by atoms with Gasteiger partial charge in [-0.1, -0.05) is 36.4 Å². The van der Waals surface area contributed by atoms with Crippen LogP contribution in [0, 0.1) is 24.6 Å². The molecule has 1 N–H and O–H groups in total. The number of likely N-dealkylation sites (N-methyl/N-ethyl adjacent to an activating group) is 1. The van der Waals surface area contributed by atoms with E-state index < -0.39 is 23.6 Å². The normalized spacial score (nSPS) is 17.9. The summed E-state index contributed by atoms with van der Waals surface area (Å²) in [5, 5.41) is 2.62. The van der Waals surface area contributed by atoms with Gasteiger partial charge in [-0.2, -0.15) is 0 Å². The molecule has 0 aliphatic carbocycles. The first-order valence-corrected chi connectivity index (χ1v) is 12.8. The molecule has 39 heavy (non-hydrogen) atoms. The minimum absolute atomic E-state index is 0.0230. The molecule has 1 heterocycles. The Morgan fingerprint density at radius 2 is 1.38 bits per heavy atom. The lowest BCUT2D eigenvalue weighted by Gasteiger charge is -2.43. The molecule has 3 aromatic carbocycles. The number of ketones is 2. The van der Waals surface area contributed by atoms with E-state index in [-0.39, 0.29) is 37.1 Å². The van der Waals surface area contributed by atoms with Gasteiger partial charge < -0.3 is 14.8 Å². The van der Waals surface area contributed by atoms with E-state index in [4.69, 9.17) is 9.47 Å². The van der Waals surface area contributed by atoms with Gasteiger partial charge in [-0.3, -0.25) is 19.3 Å². The van der Waals surface area contributed by atoms with E-state index in [0.717, 1.165) is 0 Å². The molecule has 0 unspecified atom stereocenters. The number of methoxy groups -OCH3 is 2. The number of piperidine rings is 1. The summed E-state index contributed by atoms with van der Waals surface area (Å²) in [7, 11) is 4.59. The monoisotopic (exact) mass is 532 g/mol. The fourth-order valence-corrected chi connectivity index (χ4v) is 5.44. The molecule has 0 aromatic heterocycles. The zero-order valence-corrected chi connectivity index (χ0v) is 22.6. The molecule has 8 heteroatoms. The molecule has 1 amide bonds. The minimum atomic E-state index is -0.726. The van der Waals surface area contributed by atoms with Crippen LogP contribution in [0.2, 0.25) is 0 Å². The van der Waals surface area contributed by atoms with E-state index in [1.54, 1.807) is 74.6 Å². The van der Waals surface area contributed by atoms with Crippen LogP contribution in [-0.4, -0.2) is 63.3 Å². The number of rotatable bonds is 9. The number of Topliss-reactive ketones (excluding diaryl/α,β-unsaturated/α-hetero) is 2. The minimum Gasteiger partial charge on any atom is -0.497 e. The van der Waals surface area contributed by atoms with Gasteiger partial charge in [0, 0.05) is 49.0 Å².